The molecule has 18 heavy (non-hydrogen) atoms. The lowest BCUT2D eigenvalue weighted by Gasteiger charge is -2.28. The summed E-state index contributed by atoms with van der Waals surface area (Å²) in [5.74, 6) is 0. The highest BCUT2D eigenvalue weighted by atomic mass is 35.5. The van der Waals surface area contributed by atoms with Crippen LogP contribution in [0.25, 0.3) is 0 Å². The molecule has 0 radical (unpaired) electrons. The van der Waals surface area contributed by atoms with Gasteiger partial charge in [0.15, 0.2) is 0 Å². The Morgan fingerprint density at radius 3 is 2.94 bits per heavy atom. The van der Waals surface area contributed by atoms with Crippen molar-refractivity contribution in [2.24, 2.45) is 5.73 Å². The van der Waals surface area contributed by atoms with Gasteiger partial charge < -0.3 is 15.4 Å². The quantitative estimate of drug-likeness (QED) is 0.893. The first-order valence-electron chi connectivity index (χ1n) is 6.59. The first-order chi connectivity index (χ1) is 8.74. The molecule has 1 aliphatic heterocycles. The molecule has 1 unspecified atom stereocenters. The minimum Gasteiger partial charge on any atom is -0.376 e. The number of likely N-dealkylation sites (N-methyl/N-ethyl adjacent to an activating group) is 1. The van der Waals surface area contributed by atoms with Gasteiger partial charge in [-0.05, 0) is 37.5 Å². The van der Waals surface area contributed by atoms with Crippen molar-refractivity contribution in [3.05, 3.63) is 28.8 Å². The van der Waals surface area contributed by atoms with Crippen LogP contribution in [-0.4, -0.2) is 25.8 Å². The SMILES string of the molecule is CCN(CC1CCCO1)c1cc(Cl)ccc1CN. The molecule has 1 aromatic rings. The fourth-order valence-electron chi connectivity index (χ4n) is 2.44. The van der Waals surface area contributed by atoms with Gasteiger partial charge in [0.25, 0.3) is 0 Å². The zero-order chi connectivity index (χ0) is 13.0. The lowest BCUT2D eigenvalue weighted by molar-refractivity contribution is 0.115. The van der Waals surface area contributed by atoms with Crippen LogP contribution in [0.15, 0.2) is 18.2 Å². The molecule has 1 aromatic carbocycles. The van der Waals surface area contributed by atoms with E-state index in [1.54, 1.807) is 0 Å². The summed E-state index contributed by atoms with van der Waals surface area (Å²) in [4.78, 5) is 2.31. The number of hydrogen-bond acceptors (Lipinski definition) is 3. The molecule has 1 atom stereocenters. The summed E-state index contributed by atoms with van der Waals surface area (Å²) in [5.41, 5.74) is 8.08. The van der Waals surface area contributed by atoms with E-state index in [4.69, 9.17) is 22.1 Å². The van der Waals surface area contributed by atoms with Crippen LogP contribution in [0, 0.1) is 0 Å². The molecule has 100 valence electrons. The fraction of sp³-hybridized carbons (Fsp3) is 0.571. The van der Waals surface area contributed by atoms with E-state index in [1.807, 2.05) is 18.2 Å². The predicted octanol–water partition coefficient (Wildman–Crippen LogP) is 2.80. The lowest BCUT2D eigenvalue weighted by atomic mass is 10.1. The van der Waals surface area contributed by atoms with Gasteiger partial charge in [0.2, 0.25) is 0 Å². The van der Waals surface area contributed by atoms with Crippen LogP contribution in [0.3, 0.4) is 0 Å². The molecule has 3 nitrogen and oxygen atoms in total. The molecule has 4 heteroatoms. The average Bonchev–Trinajstić information content (AvgIpc) is 2.88. The summed E-state index contributed by atoms with van der Waals surface area (Å²) >= 11 is 6.09. The monoisotopic (exact) mass is 268 g/mol. The van der Waals surface area contributed by atoms with Gasteiger partial charge in [-0.15, -0.1) is 0 Å². The van der Waals surface area contributed by atoms with Crippen molar-refractivity contribution < 1.29 is 4.74 Å². The Balaban J connectivity index is 2.17. The van der Waals surface area contributed by atoms with Crippen LogP contribution < -0.4 is 10.6 Å². The summed E-state index contributed by atoms with van der Waals surface area (Å²) in [6.07, 6.45) is 2.66. The van der Waals surface area contributed by atoms with Crippen molar-refractivity contribution in [2.75, 3.05) is 24.6 Å². The molecule has 1 saturated heterocycles. The molecular formula is C14H21ClN2O. The number of ether oxygens (including phenoxy) is 1. The van der Waals surface area contributed by atoms with Crippen molar-refractivity contribution >= 4 is 17.3 Å². The third kappa shape index (κ3) is 3.16. The van der Waals surface area contributed by atoms with Gasteiger partial charge in [0.1, 0.15) is 0 Å². The van der Waals surface area contributed by atoms with Crippen molar-refractivity contribution in [1.82, 2.24) is 0 Å². The van der Waals surface area contributed by atoms with E-state index in [0.29, 0.717) is 12.6 Å². The number of nitrogens with zero attached hydrogens (tertiary/aromatic N) is 1. The van der Waals surface area contributed by atoms with Gasteiger partial charge in [0.05, 0.1) is 6.10 Å². The normalized spacial score (nSPS) is 19.2. The molecule has 0 amide bonds. The smallest absolute Gasteiger partial charge is 0.0750 e. The van der Waals surface area contributed by atoms with Crippen LogP contribution in [0.5, 0.6) is 0 Å². The Morgan fingerprint density at radius 2 is 2.33 bits per heavy atom. The third-order valence-corrected chi connectivity index (χ3v) is 3.67. The Kier molecular flexibility index (Phi) is 4.87. The van der Waals surface area contributed by atoms with Crippen molar-refractivity contribution in [3.8, 4) is 0 Å². The van der Waals surface area contributed by atoms with Gasteiger partial charge >= 0.3 is 0 Å². The van der Waals surface area contributed by atoms with Crippen LogP contribution in [0.1, 0.15) is 25.3 Å². The van der Waals surface area contributed by atoms with Gasteiger partial charge in [-0.25, -0.2) is 0 Å². The average molecular weight is 269 g/mol. The summed E-state index contributed by atoms with van der Waals surface area (Å²) < 4.78 is 5.70. The van der Waals surface area contributed by atoms with Crippen LogP contribution in [0.4, 0.5) is 5.69 Å². The Hall–Kier alpha value is -0.770. The topological polar surface area (TPSA) is 38.5 Å². The highest BCUT2D eigenvalue weighted by molar-refractivity contribution is 6.30. The fourth-order valence-corrected chi connectivity index (χ4v) is 2.60. The highest BCUT2D eigenvalue weighted by Gasteiger charge is 2.20. The maximum Gasteiger partial charge on any atom is 0.0750 e. The molecule has 2 N–H and O–H groups in total. The van der Waals surface area contributed by atoms with E-state index in [1.165, 1.54) is 6.42 Å². The number of hydrogen-bond donors (Lipinski definition) is 1. The Labute approximate surface area is 114 Å². The molecule has 1 heterocycles. The first kappa shape index (κ1) is 13.7. The summed E-state index contributed by atoms with van der Waals surface area (Å²) in [6, 6.07) is 5.91. The predicted molar refractivity (Wildman–Crippen MR) is 76.2 cm³/mol. The summed E-state index contributed by atoms with van der Waals surface area (Å²) in [6.45, 7) is 5.43. The van der Waals surface area contributed by atoms with E-state index in [2.05, 4.69) is 11.8 Å². The van der Waals surface area contributed by atoms with Gasteiger partial charge in [-0.1, -0.05) is 17.7 Å². The minimum absolute atomic E-state index is 0.342. The molecule has 0 saturated carbocycles. The zero-order valence-corrected chi connectivity index (χ0v) is 11.6. The number of rotatable bonds is 5. The number of anilines is 1. The van der Waals surface area contributed by atoms with Crippen LogP contribution in [-0.2, 0) is 11.3 Å². The zero-order valence-electron chi connectivity index (χ0n) is 10.9. The van der Waals surface area contributed by atoms with Gasteiger partial charge in [-0.3, -0.25) is 0 Å². The second-order valence-corrected chi connectivity index (χ2v) is 5.09. The second-order valence-electron chi connectivity index (χ2n) is 4.65. The Bertz CT molecular complexity index is 391. The van der Waals surface area contributed by atoms with Crippen LogP contribution >= 0.6 is 11.6 Å². The van der Waals surface area contributed by atoms with Crippen molar-refractivity contribution in [1.29, 1.82) is 0 Å². The first-order valence-corrected chi connectivity index (χ1v) is 6.97. The van der Waals surface area contributed by atoms with Crippen LogP contribution in [0.2, 0.25) is 5.02 Å². The lowest BCUT2D eigenvalue weighted by Crippen LogP contribution is -2.33. The maximum atomic E-state index is 6.09. The van der Waals surface area contributed by atoms with E-state index in [9.17, 15) is 0 Å². The van der Waals surface area contributed by atoms with E-state index >= 15 is 0 Å². The maximum absolute atomic E-state index is 6.09. The van der Waals surface area contributed by atoms with E-state index in [0.717, 1.165) is 42.4 Å². The van der Waals surface area contributed by atoms with E-state index in [-0.39, 0.29) is 0 Å². The van der Waals surface area contributed by atoms with E-state index < -0.39 is 0 Å². The van der Waals surface area contributed by atoms with Gasteiger partial charge in [0, 0.05) is 37.0 Å². The molecule has 1 aliphatic rings. The summed E-state index contributed by atoms with van der Waals surface area (Å²) in [5, 5.41) is 0.757. The molecule has 1 fully saturated rings. The molecule has 0 aromatic heterocycles. The molecule has 2 rings (SSSR count). The van der Waals surface area contributed by atoms with Crippen molar-refractivity contribution in [2.45, 2.75) is 32.4 Å². The summed E-state index contributed by atoms with van der Waals surface area (Å²) in [7, 11) is 0. The molecule has 0 bridgehead atoms. The number of benzene rings is 1. The standard InChI is InChI=1S/C14H21ClN2O/c1-2-17(10-13-4-3-7-18-13)14-8-12(15)6-5-11(14)9-16/h5-6,8,13H,2-4,7,9-10,16H2,1H3. The minimum atomic E-state index is 0.342. The Morgan fingerprint density at radius 1 is 1.50 bits per heavy atom. The molecular weight excluding hydrogens is 248 g/mol. The van der Waals surface area contributed by atoms with Gasteiger partial charge in [-0.2, -0.15) is 0 Å². The second kappa shape index (κ2) is 6.41. The van der Waals surface area contributed by atoms with Crippen molar-refractivity contribution in [3.63, 3.8) is 0 Å². The largest absolute Gasteiger partial charge is 0.376 e. The molecule has 0 aliphatic carbocycles. The number of halogens is 1. The third-order valence-electron chi connectivity index (χ3n) is 3.44. The highest BCUT2D eigenvalue weighted by Crippen LogP contribution is 2.26. The number of nitrogens with two attached hydrogens (primary N) is 1. The molecule has 0 spiro atoms.